The molecule has 0 bridgehead atoms. The Morgan fingerprint density at radius 1 is 1.58 bits per heavy atom. The molecule has 3 N–H and O–H groups in total. The summed E-state index contributed by atoms with van der Waals surface area (Å²) in [6, 6.07) is 4.35. The number of amides is 2. The van der Waals surface area contributed by atoms with Crippen molar-refractivity contribution in [1.82, 2.24) is 10.2 Å². The van der Waals surface area contributed by atoms with E-state index in [2.05, 4.69) is 5.32 Å². The molecule has 1 fully saturated rings. The first-order chi connectivity index (χ1) is 9.04. The second kappa shape index (κ2) is 5.48. The van der Waals surface area contributed by atoms with Crippen LogP contribution in [0.3, 0.4) is 0 Å². The van der Waals surface area contributed by atoms with Gasteiger partial charge in [-0.05, 0) is 24.6 Å². The Morgan fingerprint density at radius 3 is 2.95 bits per heavy atom. The van der Waals surface area contributed by atoms with Gasteiger partial charge in [-0.15, -0.1) is 0 Å². The molecule has 1 atom stereocenters. The smallest absolute Gasteiger partial charge is 0.254 e. The monoisotopic (exact) mass is 281 g/mol. The van der Waals surface area contributed by atoms with Crippen LogP contribution in [-0.2, 0) is 4.79 Å². The van der Waals surface area contributed by atoms with E-state index in [1.807, 2.05) is 6.92 Å². The van der Waals surface area contributed by atoms with E-state index in [0.29, 0.717) is 35.8 Å². The highest BCUT2D eigenvalue weighted by atomic mass is 35.5. The van der Waals surface area contributed by atoms with Crippen molar-refractivity contribution in [1.29, 1.82) is 0 Å². The number of rotatable bonds is 2. The van der Waals surface area contributed by atoms with Gasteiger partial charge in [-0.2, -0.15) is 0 Å². The van der Waals surface area contributed by atoms with Gasteiger partial charge in [-0.25, -0.2) is 0 Å². The number of nitrogen functional groups attached to an aromatic ring is 1. The molecule has 1 unspecified atom stereocenters. The van der Waals surface area contributed by atoms with Gasteiger partial charge in [-0.1, -0.05) is 18.5 Å². The van der Waals surface area contributed by atoms with E-state index in [9.17, 15) is 9.59 Å². The normalized spacial score (nSPS) is 19.2. The number of hydrogen-bond acceptors (Lipinski definition) is 3. The molecule has 0 saturated carbocycles. The van der Waals surface area contributed by atoms with Gasteiger partial charge in [0.1, 0.15) is 6.04 Å². The average Bonchev–Trinajstić information content (AvgIpc) is 2.40. The zero-order valence-corrected chi connectivity index (χ0v) is 11.4. The molecule has 2 amide bonds. The molecule has 0 radical (unpaired) electrons. The van der Waals surface area contributed by atoms with E-state index in [-0.39, 0.29) is 11.8 Å². The van der Waals surface area contributed by atoms with Crippen molar-refractivity contribution in [3.63, 3.8) is 0 Å². The average molecular weight is 282 g/mol. The predicted octanol–water partition coefficient (Wildman–Crippen LogP) is 1.27. The zero-order chi connectivity index (χ0) is 14.0. The van der Waals surface area contributed by atoms with E-state index >= 15 is 0 Å². The van der Waals surface area contributed by atoms with Crippen LogP contribution < -0.4 is 11.1 Å². The van der Waals surface area contributed by atoms with Crippen LogP contribution in [0.2, 0.25) is 5.02 Å². The molecule has 1 saturated heterocycles. The molecule has 0 aromatic heterocycles. The summed E-state index contributed by atoms with van der Waals surface area (Å²) in [5, 5.41) is 3.11. The van der Waals surface area contributed by atoms with Gasteiger partial charge in [0.2, 0.25) is 5.91 Å². The molecule has 0 spiro atoms. The number of anilines is 1. The quantitative estimate of drug-likeness (QED) is 0.802. The fraction of sp³-hybridized carbons (Fsp3) is 0.385. The lowest BCUT2D eigenvalue weighted by Crippen LogP contribution is -2.56. The van der Waals surface area contributed by atoms with Crippen molar-refractivity contribution in [3.8, 4) is 0 Å². The Kier molecular flexibility index (Phi) is 3.95. The van der Waals surface area contributed by atoms with Crippen LogP contribution >= 0.6 is 11.6 Å². The third-order valence-corrected chi connectivity index (χ3v) is 3.55. The van der Waals surface area contributed by atoms with Crippen molar-refractivity contribution >= 4 is 29.1 Å². The number of carbonyl (C=O) groups excluding carboxylic acids is 2. The molecule has 1 aliphatic rings. The number of carbonyl (C=O) groups is 2. The van der Waals surface area contributed by atoms with Crippen LogP contribution in [-0.4, -0.2) is 35.8 Å². The van der Waals surface area contributed by atoms with Crippen molar-refractivity contribution in [3.05, 3.63) is 28.8 Å². The largest absolute Gasteiger partial charge is 0.398 e. The first-order valence-corrected chi connectivity index (χ1v) is 6.56. The van der Waals surface area contributed by atoms with Crippen molar-refractivity contribution in [2.24, 2.45) is 0 Å². The standard InChI is InChI=1S/C13H16ClN3O2/c1-2-11-12(18)16-5-6-17(11)13(19)8-3-4-10(15)9(14)7-8/h3-4,7,11H,2,5-6,15H2,1H3,(H,16,18). The lowest BCUT2D eigenvalue weighted by atomic mass is 10.1. The summed E-state index contributed by atoms with van der Waals surface area (Å²) in [5.41, 5.74) is 6.51. The maximum Gasteiger partial charge on any atom is 0.254 e. The van der Waals surface area contributed by atoms with Crippen molar-refractivity contribution in [2.45, 2.75) is 19.4 Å². The molecule has 1 heterocycles. The van der Waals surface area contributed by atoms with Crippen LogP contribution in [0.5, 0.6) is 0 Å². The van der Waals surface area contributed by atoms with Crippen molar-refractivity contribution in [2.75, 3.05) is 18.8 Å². The van der Waals surface area contributed by atoms with Gasteiger partial charge in [0.25, 0.3) is 5.91 Å². The Hall–Kier alpha value is -1.75. The first kappa shape index (κ1) is 13.7. The summed E-state index contributed by atoms with van der Waals surface area (Å²) in [4.78, 5) is 25.8. The van der Waals surface area contributed by atoms with Crippen LogP contribution in [0.25, 0.3) is 0 Å². The Morgan fingerprint density at radius 2 is 2.32 bits per heavy atom. The number of benzene rings is 1. The van der Waals surface area contributed by atoms with Crippen LogP contribution in [0.1, 0.15) is 23.7 Å². The Bertz CT molecular complexity index is 519. The third-order valence-electron chi connectivity index (χ3n) is 3.23. The third kappa shape index (κ3) is 2.66. The predicted molar refractivity (Wildman–Crippen MR) is 74.0 cm³/mol. The summed E-state index contributed by atoms with van der Waals surface area (Å²) >= 11 is 5.92. The van der Waals surface area contributed by atoms with Crippen LogP contribution in [0.4, 0.5) is 5.69 Å². The maximum atomic E-state index is 12.4. The van der Waals surface area contributed by atoms with E-state index in [1.165, 1.54) is 0 Å². The van der Waals surface area contributed by atoms with E-state index < -0.39 is 6.04 Å². The molecule has 102 valence electrons. The fourth-order valence-electron chi connectivity index (χ4n) is 2.19. The summed E-state index contributed by atoms with van der Waals surface area (Å²) in [5.74, 6) is -0.299. The van der Waals surface area contributed by atoms with Gasteiger partial charge < -0.3 is 16.0 Å². The molecule has 1 aliphatic heterocycles. The second-order valence-electron chi connectivity index (χ2n) is 4.45. The number of halogens is 1. The van der Waals surface area contributed by atoms with Gasteiger partial charge in [0, 0.05) is 18.7 Å². The summed E-state index contributed by atoms with van der Waals surface area (Å²) < 4.78 is 0. The number of piperazine rings is 1. The maximum absolute atomic E-state index is 12.4. The number of nitrogens with two attached hydrogens (primary N) is 1. The van der Waals surface area contributed by atoms with Gasteiger partial charge in [0.05, 0.1) is 10.7 Å². The highest BCUT2D eigenvalue weighted by Crippen LogP contribution is 2.22. The molecule has 19 heavy (non-hydrogen) atoms. The number of hydrogen-bond donors (Lipinski definition) is 2. The minimum atomic E-state index is -0.419. The second-order valence-corrected chi connectivity index (χ2v) is 4.86. The minimum absolute atomic E-state index is 0.108. The number of nitrogens with zero attached hydrogens (tertiary/aromatic N) is 1. The van der Waals surface area contributed by atoms with Crippen LogP contribution in [0, 0.1) is 0 Å². The first-order valence-electron chi connectivity index (χ1n) is 6.18. The summed E-state index contributed by atoms with van der Waals surface area (Å²) in [6.45, 7) is 2.86. The van der Waals surface area contributed by atoms with Crippen LogP contribution in [0.15, 0.2) is 18.2 Å². The Labute approximate surface area is 116 Å². The molecule has 5 nitrogen and oxygen atoms in total. The van der Waals surface area contributed by atoms with Crippen molar-refractivity contribution < 1.29 is 9.59 Å². The van der Waals surface area contributed by atoms with E-state index in [4.69, 9.17) is 17.3 Å². The topological polar surface area (TPSA) is 75.4 Å². The van der Waals surface area contributed by atoms with E-state index in [1.54, 1.807) is 23.1 Å². The van der Waals surface area contributed by atoms with Gasteiger partial charge >= 0.3 is 0 Å². The Balaban J connectivity index is 2.26. The SMILES string of the molecule is CCC1C(=O)NCCN1C(=O)c1ccc(N)c(Cl)c1. The lowest BCUT2D eigenvalue weighted by Gasteiger charge is -2.34. The zero-order valence-electron chi connectivity index (χ0n) is 10.6. The van der Waals surface area contributed by atoms with Gasteiger partial charge in [0.15, 0.2) is 0 Å². The molecule has 0 aliphatic carbocycles. The highest BCUT2D eigenvalue weighted by molar-refractivity contribution is 6.33. The minimum Gasteiger partial charge on any atom is -0.398 e. The molecule has 6 heteroatoms. The molecule has 1 aromatic carbocycles. The highest BCUT2D eigenvalue weighted by Gasteiger charge is 2.32. The number of nitrogens with one attached hydrogen (secondary N) is 1. The fourth-order valence-corrected chi connectivity index (χ4v) is 2.37. The summed E-state index contributed by atoms with van der Waals surface area (Å²) in [6.07, 6.45) is 0.584. The summed E-state index contributed by atoms with van der Waals surface area (Å²) in [7, 11) is 0. The molecule has 2 rings (SSSR count). The van der Waals surface area contributed by atoms with E-state index in [0.717, 1.165) is 0 Å². The van der Waals surface area contributed by atoms with Gasteiger partial charge in [-0.3, -0.25) is 9.59 Å². The molecular formula is C13H16ClN3O2. The molecule has 1 aromatic rings. The lowest BCUT2D eigenvalue weighted by molar-refractivity contribution is -0.127. The molecular weight excluding hydrogens is 266 g/mol.